The molecule has 0 atom stereocenters. The van der Waals surface area contributed by atoms with E-state index < -0.39 is 17.1 Å². The third-order valence-corrected chi connectivity index (χ3v) is 4.39. The highest BCUT2D eigenvalue weighted by molar-refractivity contribution is 5.63. The Morgan fingerprint density at radius 1 is 1.04 bits per heavy atom. The van der Waals surface area contributed by atoms with Crippen LogP contribution in [-0.4, -0.2) is 14.5 Å². The Labute approximate surface area is 161 Å². The first-order valence-corrected chi connectivity index (χ1v) is 8.86. The van der Waals surface area contributed by atoms with Crippen molar-refractivity contribution in [2.24, 2.45) is 0 Å². The van der Waals surface area contributed by atoms with E-state index in [9.17, 15) is 19.2 Å². The molecule has 0 amide bonds. The summed E-state index contributed by atoms with van der Waals surface area (Å²) in [5.74, 6) is -0.716. The molecule has 0 aliphatic rings. The average Bonchev–Trinajstić information content (AvgIpc) is 2.69. The van der Waals surface area contributed by atoms with Crippen molar-refractivity contribution in [1.29, 1.82) is 0 Å². The summed E-state index contributed by atoms with van der Waals surface area (Å²) in [7, 11) is 0. The van der Waals surface area contributed by atoms with Crippen LogP contribution in [0.1, 0.15) is 30.9 Å². The minimum Gasteiger partial charge on any atom is -0.421 e. The van der Waals surface area contributed by atoms with Crippen molar-refractivity contribution in [3.63, 3.8) is 0 Å². The molecule has 1 N–H and O–H groups in total. The van der Waals surface area contributed by atoms with Gasteiger partial charge in [0.25, 0.3) is 5.56 Å². The van der Waals surface area contributed by atoms with Gasteiger partial charge in [0.15, 0.2) is 0 Å². The fourth-order valence-corrected chi connectivity index (χ4v) is 3.05. The Balaban J connectivity index is 2.10. The minimum absolute atomic E-state index is 0.0915. The molecule has 0 bridgehead atoms. The molecule has 1 aromatic heterocycles. The summed E-state index contributed by atoms with van der Waals surface area (Å²) in [6.45, 7) is 3.63. The molecule has 3 aromatic rings. The molecule has 0 saturated carbocycles. The first-order chi connectivity index (χ1) is 13.4. The molecule has 6 nitrogen and oxygen atoms in total. The van der Waals surface area contributed by atoms with Gasteiger partial charge < -0.3 is 9.94 Å². The normalized spacial score (nSPS) is 11.1. The van der Waals surface area contributed by atoms with Gasteiger partial charge in [-0.05, 0) is 41.3 Å². The molecule has 0 unspecified atom stereocenters. The fraction of sp³-hybridized carbons (Fsp3) is 0.238. The molecule has 7 heteroatoms. The van der Waals surface area contributed by atoms with Crippen molar-refractivity contribution in [2.45, 2.75) is 33.1 Å². The number of aromatic nitrogens is 2. The number of nitrogens with zero attached hydrogens (tertiary/aromatic N) is 2. The number of halogens is 1. The van der Waals surface area contributed by atoms with Crippen molar-refractivity contribution in [2.75, 3.05) is 0 Å². The number of ether oxygens (including phenoxy) is 1. The number of benzene rings is 2. The minimum atomic E-state index is -0.915. The smallest absolute Gasteiger partial charge is 0.366 e. The highest BCUT2D eigenvalue weighted by Crippen LogP contribution is 2.26. The van der Waals surface area contributed by atoms with Crippen LogP contribution in [0.4, 0.5) is 4.39 Å². The molecular weight excluding hydrogens is 363 g/mol. The van der Waals surface area contributed by atoms with Gasteiger partial charge in [-0.25, -0.2) is 9.18 Å². The summed E-state index contributed by atoms with van der Waals surface area (Å²) in [6, 6.07) is 14.9. The van der Waals surface area contributed by atoms with Crippen LogP contribution in [0.2, 0.25) is 0 Å². The molecule has 2 aromatic carbocycles. The van der Waals surface area contributed by atoms with Crippen molar-refractivity contribution in [3.05, 3.63) is 92.4 Å². The second-order valence-corrected chi connectivity index (χ2v) is 6.71. The molecule has 0 fully saturated rings. The highest BCUT2D eigenvalue weighted by atomic mass is 19.1. The Hall–Kier alpha value is -3.19. The molecule has 0 spiro atoms. The van der Waals surface area contributed by atoms with E-state index in [1.54, 1.807) is 13.8 Å². The molecule has 146 valence electrons. The standard InChI is InChI=1S/C21H21FN2O4/c1-14(2)18-19(16-8-10-17(22)11-9-16)23(21(26)24(27)20(18)25)13-28-12-15-6-4-3-5-7-15/h3-11,14,27H,12-13H2,1-2H3. The van der Waals surface area contributed by atoms with E-state index in [-0.39, 0.29) is 29.5 Å². The van der Waals surface area contributed by atoms with E-state index in [1.807, 2.05) is 30.3 Å². The third kappa shape index (κ3) is 3.89. The maximum absolute atomic E-state index is 13.4. The van der Waals surface area contributed by atoms with Crippen LogP contribution in [0.3, 0.4) is 0 Å². The Morgan fingerprint density at radius 3 is 2.29 bits per heavy atom. The van der Waals surface area contributed by atoms with E-state index in [2.05, 4.69) is 0 Å². The average molecular weight is 384 g/mol. The molecule has 0 radical (unpaired) electrons. The van der Waals surface area contributed by atoms with Crippen LogP contribution < -0.4 is 11.2 Å². The summed E-state index contributed by atoms with van der Waals surface area (Å²) >= 11 is 0. The predicted octanol–water partition coefficient (Wildman–Crippen LogP) is 3.35. The zero-order valence-corrected chi connectivity index (χ0v) is 15.6. The largest absolute Gasteiger partial charge is 0.421 e. The monoisotopic (exact) mass is 384 g/mol. The SMILES string of the molecule is CC(C)c1c(-c2ccc(F)cc2)n(COCc2ccccc2)c(=O)n(O)c1=O. The molecule has 28 heavy (non-hydrogen) atoms. The number of hydrogen-bond donors (Lipinski definition) is 1. The maximum atomic E-state index is 13.4. The van der Waals surface area contributed by atoms with Crippen molar-refractivity contribution < 1.29 is 14.3 Å². The molecular formula is C21H21FN2O4. The van der Waals surface area contributed by atoms with Crippen molar-refractivity contribution in [3.8, 4) is 11.3 Å². The number of rotatable bonds is 6. The van der Waals surface area contributed by atoms with Crippen LogP contribution in [0, 0.1) is 5.82 Å². The topological polar surface area (TPSA) is 73.5 Å². The molecule has 0 saturated heterocycles. The summed E-state index contributed by atoms with van der Waals surface area (Å²) in [5.41, 5.74) is 0.254. The van der Waals surface area contributed by atoms with E-state index in [0.29, 0.717) is 11.3 Å². The van der Waals surface area contributed by atoms with E-state index in [4.69, 9.17) is 4.74 Å². The van der Waals surface area contributed by atoms with Gasteiger partial charge in [0.1, 0.15) is 12.5 Å². The van der Waals surface area contributed by atoms with Gasteiger partial charge in [-0.2, -0.15) is 0 Å². The van der Waals surface area contributed by atoms with E-state index in [0.717, 1.165) is 5.56 Å². The molecule has 0 aliphatic heterocycles. The predicted molar refractivity (Wildman–Crippen MR) is 103 cm³/mol. The second kappa shape index (κ2) is 8.22. The number of hydrogen-bond acceptors (Lipinski definition) is 4. The zero-order valence-electron chi connectivity index (χ0n) is 15.6. The lowest BCUT2D eigenvalue weighted by molar-refractivity contribution is 0.0531. The van der Waals surface area contributed by atoms with Crippen molar-refractivity contribution >= 4 is 0 Å². The summed E-state index contributed by atoms with van der Waals surface area (Å²) in [4.78, 5) is 25.1. The first kappa shape index (κ1) is 19.6. The zero-order chi connectivity index (χ0) is 20.3. The highest BCUT2D eigenvalue weighted by Gasteiger charge is 2.22. The van der Waals surface area contributed by atoms with Crippen LogP contribution in [-0.2, 0) is 18.1 Å². The quantitative estimate of drug-likeness (QED) is 0.662. The Kier molecular flexibility index (Phi) is 5.75. The third-order valence-electron chi connectivity index (χ3n) is 4.39. The van der Waals surface area contributed by atoms with Crippen molar-refractivity contribution in [1.82, 2.24) is 9.30 Å². The second-order valence-electron chi connectivity index (χ2n) is 6.71. The van der Waals surface area contributed by atoms with Crippen LogP contribution in [0.5, 0.6) is 0 Å². The molecule has 1 heterocycles. The Morgan fingerprint density at radius 2 is 1.68 bits per heavy atom. The van der Waals surface area contributed by atoms with Gasteiger partial charge in [-0.3, -0.25) is 9.36 Å². The maximum Gasteiger partial charge on any atom is 0.366 e. The van der Waals surface area contributed by atoms with E-state index >= 15 is 0 Å². The van der Waals surface area contributed by atoms with Gasteiger partial charge in [0.05, 0.1) is 12.3 Å². The molecule has 3 rings (SSSR count). The lowest BCUT2D eigenvalue weighted by atomic mass is 9.98. The van der Waals surface area contributed by atoms with Gasteiger partial charge in [0.2, 0.25) is 0 Å². The van der Waals surface area contributed by atoms with Gasteiger partial charge >= 0.3 is 5.69 Å². The summed E-state index contributed by atoms with van der Waals surface area (Å²) in [6.07, 6.45) is 0. The first-order valence-electron chi connectivity index (χ1n) is 8.86. The van der Waals surface area contributed by atoms with Crippen LogP contribution in [0.25, 0.3) is 11.3 Å². The van der Waals surface area contributed by atoms with E-state index in [1.165, 1.54) is 28.8 Å². The Bertz CT molecular complexity index is 1070. The van der Waals surface area contributed by atoms with Gasteiger partial charge in [-0.15, -0.1) is 0 Å². The summed E-state index contributed by atoms with van der Waals surface area (Å²) in [5, 5.41) is 10.0. The lowest BCUT2D eigenvalue weighted by Gasteiger charge is -2.19. The van der Waals surface area contributed by atoms with Gasteiger partial charge in [0, 0.05) is 5.56 Å². The summed E-state index contributed by atoms with van der Waals surface area (Å²) < 4.78 is 20.3. The fourth-order valence-electron chi connectivity index (χ4n) is 3.05. The lowest BCUT2D eigenvalue weighted by Crippen LogP contribution is -2.42. The molecule has 0 aliphatic carbocycles. The van der Waals surface area contributed by atoms with Crippen LogP contribution >= 0.6 is 0 Å². The van der Waals surface area contributed by atoms with Crippen LogP contribution in [0.15, 0.2) is 64.2 Å². The van der Waals surface area contributed by atoms with Gasteiger partial charge in [-0.1, -0.05) is 48.9 Å².